The lowest BCUT2D eigenvalue weighted by molar-refractivity contribution is -0.140. The van der Waals surface area contributed by atoms with Crippen molar-refractivity contribution in [1.29, 1.82) is 0 Å². The van der Waals surface area contributed by atoms with E-state index in [1.54, 1.807) is 0 Å². The van der Waals surface area contributed by atoms with Gasteiger partial charge in [-0.1, -0.05) is 49.2 Å². The molecule has 1 aromatic carbocycles. The molecule has 2 rings (SSSR count). The van der Waals surface area contributed by atoms with E-state index in [9.17, 15) is 4.79 Å². The molecular weight excluding hydrogens is 224 g/mol. The molecule has 0 atom stereocenters. The van der Waals surface area contributed by atoms with E-state index in [0.29, 0.717) is 6.61 Å². The van der Waals surface area contributed by atoms with Gasteiger partial charge in [0.1, 0.15) is 0 Å². The molecule has 0 amide bonds. The number of rotatable bonds is 5. The number of ether oxygens (including phenoxy) is 1. The zero-order valence-corrected chi connectivity index (χ0v) is 10.9. The second-order valence-electron chi connectivity index (χ2n) is 4.70. The monoisotopic (exact) mass is 244 g/mol. The Balaban J connectivity index is 2.05. The van der Waals surface area contributed by atoms with Crippen molar-refractivity contribution in [2.75, 3.05) is 6.61 Å². The first-order valence-corrected chi connectivity index (χ1v) is 6.73. The van der Waals surface area contributed by atoms with E-state index < -0.39 is 0 Å². The summed E-state index contributed by atoms with van der Waals surface area (Å²) in [6.07, 6.45) is 4.75. The molecular formula is C16H20O2. The van der Waals surface area contributed by atoms with Crippen LogP contribution >= 0.6 is 0 Å². The van der Waals surface area contributed by atoms with Gasteiger partial charge in [-0.25, -0.2) is 4.79 Å². The number of cyclic esters (lactones) is 1. The number of esters is 1. The van der Waals surface area contributed by atoms with E-state index >= 15 is 0 Å². The van der Waals surface area contributed by atoms with E-state index in [-0.39, 0.29) is 5.97 Å². The van der Waals surface area contributed by atoms with Crippen molar-refractivity contribution in [2.45, 2.75) is 39.0 Å². The Morgan fingerprint density at radius 3 is 2.61 bits per heavy atom. The van der Waals surface area contributed by atoms with Gasteiger partial charge >= 0.3 is 5.97 Å². The van der Waals surface area contributed by atoms with Crippen molar-refractivity contribution in [3.63, 3.8) is 0 Å². The standard InChI is InChI=1S/C16H20O2/c1-2-6-15-14(11-12-18-16(15)17)10-9-13-7-4-3-5-8-13/h3-5,7-8H,2,6,9-12H2,1H3. The van der Waals surface area contributed by atoms with Gasteiger partial charge < -0.3 is 4.74 Å². The van der Waals surface area contributed by atoms with E-state index in [4.69, 9.17) is 4.74 Å². The molecule has 0 unspecified atom stereocenters. The molecule has 0 spiro atoms. The van der Waals surface area contributed by atoms with E-state index in [1.165, 1.54) is 11.1 Å². The summed E-state index contributed by atoms with van der Waals surface area (Å²) >= 11 is 0. The smallest absolute Gasteiger partial charge is 0.333 e. The fourth-order valence-corrected chi connectivity index (χ4v) is 2.39. The lowest BCUT2D eigenvalue weighted by Crippen LogP contribution is -2.18. The molecule has 0 aliphatic carbocycles. The number of carbonyl (C=O) groups excluding carboxylic acids is 1. The lowest BCUT2D eigenvalue weighted by Gasteiger charge is -2.19. The summed E-state index contributed by atoms with van der Waals surface area (Å²) in [5.41, 5.74) is 3.57. The molecule has 0 bridgehead atoms. The maximum Gasteiger partial charge on any atom is 0.333 e. The zero-order chi connectivity index (χ0) is 12.8. The molecule has 96 valence electrons. The molecule has 18 heavy (non-hydrogen) atoms. The van der Waals surface area contributed by atoms with Crippen LogP contribution in [0.25, 0.3) is 0 Å². The Labute approximate surface area is 109 Å². The van der Waals surface area contributed by atoms with Crippen LogP contribution in [0.2, 0.25) is 0 Å². The topological polar surface area (TPSA) is 26.3 Å². The Hall–Kier alpha value is -1.57. The van der Waals surface area contributed by atoms with E-state index in [2.05, 4.69) is 31.2 Å². The third-order valence-corrected chi connectivity index (χ3v) is 3.37. The number of aryl methyl sites for hydroxylation is 1. The van der Waals surface area contributed by atoms with E-state index in [1.807, 2.05) is 6.07 Å². The second kappa shape index (κ2) is 6.39. The van der Waals surface area contributed by atoms with Gasteiger partial charge in [-0.2, -0.15) is 0 Å². The van der Waals surface area contributed by atoms with Crippen LogP contribution in [0, 0.1) is 0 Å². The van der Waals surface area contributed by atoms with Crippen LogP contribution < -0.4 is 0 Å². The molecule has 2 nitrogen and oxygen atoms in total. The Kier molecular flexibility index (Phi) is 4.57. The van der Waals surface area contributed by atoms with Crippen LogP contribution in [-0.4, -0.2) is 12.6 Å². The minimum Gasteiger partial charge on any atom is -0.462 e. The van der Waals surface area contributed by atoms with Crippen molar-refractivity contribution in [3.8, 4) is 0 Å². The summed E-state index contributed by atoms with van der Waals surface area (Å²) in [7, 11) is 0. The molecule has 1 aliphatic heterocycles. The predicted octanol–water partition coefficient (Wildman–Crippen LogP) is 3.66. The highest BCUT2D eigenvalue weighted by molar-refractivity contribution is 5.90. The van der Waals surface area contributed by atoms with Gasteiger partial charge in [0.2, 0.25) is 0 Å². The molecule has 1 aromatic rings. The number of carbonyl (C=O) groups is 1. The molecule has 2 heteroatoms. The van der Waals surface area contributed by atoms with Crippen LogP contribution in [0.15, 0.2) is 41.5 Å². The molecule has 0 N–H and O–H groups in total. The first kappa shape index (κ1) is 12.9. The zero-order valence-electron chi connectivity index (χ0n) is 10.9. The highest BCUT2D eigenvalue weighted by atomic mass is 16.5. The Bertz CT molecular complexity index is 432. The molecule has 0 fully saturated rings. The summed E-state index contributed by atoms with van der Waals surface area (Å²) < 4.78 is 5.13. The van der Waals surface area contributed by atoms with Crippen LogP contribution in [0.3, 0.4) is 0 Å². The molecule has 1 heterocycles. The van der Waals surface area contributed by atoms with Gasteiger partial charge in [-0.15, -0.1) is 0 Å². The van der Waals surface area contributed by atoms with Crippen LogP contribution in [0.1, 0.15) is 38.2 Å². The fraction of sp³-hybridized carbons (Fsp3) is 0.438. The maximum atomic E-state index is 11.7. The highest BCUT2D eigenvalue weighted by Crippen LogP contribution is 2.25. The van der Waals surface area contributed by atoms with Crippen molar-refractivity contribution < 1.29 is 9.53 Å². The number of hydrogen-bond acceptors (Lipinski definition) is 2. The molecule has 0 aromatic heterocycles. The largest absolute Gasteiger partial charge is 0.462 e. The summed E-state index contributed by atoms with van der Waals surface area (Å²) in [5.74, 6) is -0.0915. The third kappa shape index (κ3) is 3.22. The second-order valence-corrected chi connectivity index (χ2v) is 4.70. The Morgan fingerprint density at radius 2 is 1.89 bits per heavy atom. The van der Waals surface area contributed by atoms with Crippen LogP contribution in [0.5, 0.6) is 0 Å². The average Bonchev–Trinajstić information content (AvgIpc) is 2.41. The minimum absolute atomic E-state index is 0.0915. The van der Waals surface area contributed by atoms with Gasteiger partial charge in [-0.05, 0) is 24.8 Å². The predicted molar refractivity (Wildman–Crippen MR) is 72.3 cm³/mol. The SMILES string of the molecule is CCCC1=C(CCc2ccccc2)CCOC1=O. The van der Waals surface area contributed by atoms with Gasteiger partial charge in [-0.3, -0.25) is 0 Å². The van der Waals surface area contributed by atoms with Crippen molar-refractivity contribution in [1.82, 2.24) is 0 Å². The fourth-order valence-electron chi connectivity index (χ4n) is 2.39. The summed E-state index contributed by atoms with van der Waals surface area (Å²) in [4.78, 5) is 11.7. The average molecular weight is 244 g/mol. The lowest BCUT2D eigenvalue weighted by atomic mass is 9.94. The van der Waals surface area contributed by atoms with Gasteiger partial charge in [0.05, 0.1) is 6.61 Å². The third-order valence-electron chi connectivity index (χ3n) is 3.37. The summed E-state index contributed by atoms with van der Waals surface area (Å²) in [6.45, 7) is 2.65. The summed E-state index contributed by atoms with van der Waals surface area (Å²) in [6, 6.07) is 10.4. The van der Waals surface area contributed by atoms with Gasteiger partial charge in [0.15, 0.2) is 0 Å². The highest BCUT2D eigenvalue weighted by Gasteiger charge is 2.20. The van der Waals surface area contributed by atoms with Crippen LogP contribution in [-0.2, 0) is 16.0 Å². The van der Waals surface area contributed by atoms with Gasteiger partial charge in [0.25, 0.3) is 0 Å². The summed E-state index contributed by atoms with van der Waals surface area (Å²) in [5, 5.41) is 0. The normalized spacial score (nSPS) is 15.7. The number of benzene rings is 1. The maximum absolute atomic E-state index is 11.7. The van der Waals surface area contributed by atoms with Crippen molar-refractivity contribution >= 4 is 5.97 Å². The molecule has 1 aliphatic rings. The molecule has 0 radical (unpaired) electrons. The van der Waals surface area contributed by atoms with Crippen LogP contribution in [0.4, 0.5) is 0 Å². The minimum atomic E-state index is -0.0915. The molecule has 0 saturated carbocycles. The molecule has 0 saturated heterocycles. The first-order valence-electron chi connectivity index (χ1n) is 6.73. The number of hydrogen-bond donors (Lipinski definition) is 0. The Morgan fingerprint density at radius 1 is 1.11 bits per heavy atom. The quantitative estimate of drug-likeness (QED) is 0.739. The first-order chi connectivity index (χ1) is 8.81. The van der Waals surface area contributed by atoms with Gasteiger partial charge in [0, 0.05) is 12.0 Å². The van der Waals surface area contributed by atoms with Crippen molar-refractivity contribution in [2.24, 2.45) is 0 Å². The van der Waals surface area contributed by atoms with E-state index in [0.717, 1.165) is 37.7 Å². The van der Waals surface area contributed by atoms with Crippen molar-refractivity contribution in [3.05, 3.63) is 47.0 Å².